The summed E-state index contributed by atoms with van der Waals surface area (Å²) < 4.78 is 5.54. The maximum atomic E-state index is 10.7. The van der Waals surface area contributed by atoms with E-state index in [0.717, 1.165) is 5.56 Å². The Morgan fingerprint density at radius 1 is 1.50 bits per heavy atom. The van der Waals surface area contributed by atoms with E-state index < -0.39 is 11.4 Å². The van der Waals surface area contributed by atoms with Crippen molar-refractivity contribution in [3.8, 4) is 11.5 Å². The molecular weight excluding hydrogens is 252 g/mol. The van der Waals surface area contributed by atoms with Gasteiger partial charge in [-0.1, -0.05) is 13.8 Å². The van der Waals surface area contributed by atoms with Crippen molar-refractivity contribution in [3.05, 3.63) is 22.7 Å². The Bertz CT molecular complexity index is 531. The van der Waals surface area contributed by atoms with Crippen LogP contribution < -0.4 is 0 Å². The maximum absolute atomic E-state index is 10.7. The molecule has 96 valence electrons. The first-order chi connectivity index (χ1) is 8.46. The maximum Gasteiger partial charge on any atom is 0.303 e. The van der Waals surface area contributed by atoms with Crippen LogP contribution in [-0.2, 0) is 11.2 Å². The first-order valence-electron chi connectivity index (χ1n) is 5.53. The largest absolute Gasteiger partial charge is 0.481 e. The number of thiophene rings is 1. The van der Waals surface area contributed by atoms with Gasteiger partial charge in [0.25, 0.3) is 0 Å². The van der Waals surface area contributed by atoms with E-state index in [9.17, 15) is 4.79 Å². The highest BCUT2D eigenvalue weighted by Gasteiger charge is 2.25. The van der Waals surface area contributed by atoms with Crippen LogP contribution in [0.1, 0.15) is 26.2 Å². The minimum Gasteiger partial charge on any atom is -0.481 e. The molecule has 1 N–H and O–H groups in total. The fourth-order valence-corrected chi connectivity index (χ4v) is 2.34. The molecular formula is C12H14N2O3S. The predicted molar refractivity (Wildman–Crippen MR) is 67.3 cm³/mol. The molecule has 0 saturated heterocycles. The highest BCUT2D eigenvalue weighted by molar-refractivity contribution is 7.08. The van der Waals surface area contributed by atoms with E-state index in [-0.39, 0.29) is 6.42 Å². The van der Waals surface area contributed by atoms with Crippen LogP contribution >= 0.6 is 11.3 Å². The van der Waals surface area contributed by atoms with Crippen LogP contribution in [0.5, 0.6) is 0 Å². The average molecular weight is 266 g/mol. The normalized spacial score (nSPS) is 11.7. The average Bonchev–Trinajstić information content (AvgIpc) is 2.82. The van der Waals surface area contributed by atoms with E-state index in [1.807, 2.05) is 30.7 Å². The molecule has 2 aromatic rings. The van der Waals surface area contributed by atoms with Crippen LogP contribution in [0.4, 0.5) is 0 Å². The number of aromatic nitrogens is 2. The van der Waals surface area contributed by atoms with Gasteiger partial charge in [-0.05, 0) is 16.9 Å². The minimum absolute atomic E-state index is 0.0726. The summed E-state index contributed by atoms with van der Waals surface area (Å²) >= 11 is 1.56. The second-order valence-corrected chi connectivity index (χ2v) is 5.70. The monoisotopic (exact) mass is 266 g/mol. The van der Waals surface area contributed by atoms with Crippen LogP contribution in [-0.4, -0.2) is 21.3 Å². The van der Waals surface area contributed by atoms with Gasteiger partial charge in [0.1, 0.15) is 0 Å². The summed E-state index contributed by atoms with van der Waals surface area (Å²) in [5.74, 6) is 0.136. The Hall–Kier alpha value is -1.69. The molecule has 0 amide bonds. The summed E-state index contributed by atoms with van der Waals surface area (Å²) in [6.45, 7) is 3.74. The van der Waals surface area contributed by atoms with Crippen molar-refractivity contribution in [2.45, 2.75) is 26.7 Å². The molecule has 0 aliphatic carbocycles. The lowest BCUT2D eigenvalue weighted by Gasteiger charge is -2.19. The first-order valence-corrected chi connectivity index (χ1v) is 6.47. The third-order valence-corrected chi connectivity index (χ3v) is 3.18. The predicted octanol–water partition coefficient (Wildman–Crippen LogP) is 2.84. The van der Waals surface area contributed by atoms with Gasteiger partial charge in [0.15, 0.2) is 0 Å². The lowest BCUT2D eigenvalue weighted by atomic mass is 9.86. The van der Waals surface area contributed by atoms with Crippen molar-refractivity contribution in [1.29, 1.82) is 0 Å². The van der Waals surface area contributed by atoms with Gasteiger partial charge < -0.3 is 9.52 Å². The number of carboxylic acids is 1. The molecule has 0 unspecified atom stereocenters. The van der Waals surface area contributed by atoms with Crippen LogP contribution in [0, 0.1) is 5.41 Å². The summed E-state index contributed by atoms with van der Waals surface area (Å²) in [6, 6.07) is 1.91. The Morgan fingerprint density at radius 2 is 2.28 bits per heavy atom. The SMILES string of the molecule is CC(C)(CC(=O)O)Cc1nnc(-c2ccsc2)o1. The number of hydrogen-bond acceptors (Lipinski definition) is 5. The van der Waals surface area contributed by atoms with Gasteiger partial charge in [-0.3, -0.25) is 4.79 Å². The Kier molecular flexibility index (Phi) is 3.47. The third kappa shape index (κ3) is 3.16. The highest BCUT2D eigenvalue weighted by atomic mass is 32.1. The summed E-state index contributed by atoms with van der Waals surface area (Å²) in [5, 5.41) is 20.6. The second-order valence-electron chi connectivity index (χ2n) is 4.92. The molecule has 0 aliphatic heterocycles. The van der Waals surface area contributed by atoms with Gasteiger partial charge in [0.05, 0.1) is 6.42 Å². The molecule has 0 spiro atoms. The summed E-state index contributed by atoms with van der Waals surface area (Å²) in [6.07, 6.45) is 0.527. The zero-order valence-corrected chi connectivity index (χ0v) is 11.0. The van der Waals surface area contributed by atoms with Gasteiger partial charge in [-0.25, -0.2) is 0 Å². The van der Waals surface area contributed by atoms with Crippen molar-refractivity contribution >= 4 is 17.3 Å². The van der Waals surface area contributed by atoms with Crippen molar-refractivity contribution in [2.24, 2.45) is 5.41 Å². The van der Waals surface area contributed by atoms with E-state index >= 15 is 0 Å². The topological polar surface area (TPSA) is 76.2 Å². The number of carbonyl (C=O) groups is 1. The van der Waals surface area contributed by atoms with Crippen molar-refractivity contribution in [3.63, 3.8) is 0 Å². The molecule has 0 aromatic carbocycles. The van der Waals surface area contributed by atoms with Crippen molar-refractivity contribution in [2.75, 3.05) is 0 Å². The van der Waals surface area contributed by atoms with Crippen molar-refractivity contribution < 1.29 is 14.3 Å². The van der Waals surface area contributed by atoms with Gasteiger partial charge in [0, 0.05) is 17.4 Å². The molecule has 0 fully saturated rings. The number of aliphatic carboxylic acids is 1. The molecule has 2 aromatic heterocycles. The fraction of sp³-hybridized carbons (Fsp3) is 0.417. The second kappa shape index (κ2) is 4.89. The number of hydrogen-bond donors (Lipinski definition) is 1. The van der Waals surface area contributed by atoms with E-state index in [1.54, 1.807) is 11.3 Å². The van der Waals surface area contributed by atoms with E-state index in [4.69, 9.17) is 9.52 Å². The fourth-order valence-electron chi connectivity index (χ4n) is 1.71. The lowest BCUT2D eigenvalue weighted by molar-refractivity contribution is -0.139. The van der Waals surface area contributed by atoms with E-state index in [2.05, 4.69) is 10.2 Å². The van der Waals surface area contributed by atoms with Gasteiger partial charge in [0.2, 0.25) is 11.8 Å². The van der Waals surface area contributed by atoms with Crippen molar-refractivity contribution in [1.82, 2.24) is 10.2 Å². The summed E-state index contributed by atoms with van der Waals surface area (Å²) in [4.78, 5) is 10.7. The molecule has 0 radical (unpaired) electrons. The smallest absolute Gasteiger partial charge is 0.303 e. The number of rotatable bonds is 5. The van der Waals surface area contributed by atoms with E-state index in [0.29, 0.717) is 18.2 Å². The van der Waals surface area contributed by atoms with Gasteiger partial charge in [-0.2, -0.15) is 11.3 Å². The molecule has 0 aliphatic rings. The summed E-state index contributed by atoms with van der Waals surface area (Å²) in [5.41, 5.74) is 0.499. The highest BCUT2D eigenvalue weighted by Crippen LogP contribution is 2.27. The lowest BCUT2D eigenvalue weighted by Crippen LogP contribution is -2.19. The molecule has 5 nitrogen and oxygen atoms in total. The molecule has 2 heterocycles. The Labute approximate surface area is 108 Å². The summed E-state index contributed by atoms with van der Waals surface area (Å²) in [7, 11) is 0. The molecule has 2 rings (SSSR count). The number of carboxylic acid groups (broad SMARTS) is 1. The van der Waals surface area contributed by atoms with Crippen LogP contribution in [0.2, 0.25) is 0 Å². The van der Waals surface area contributed by atoms with E-state index in [1.165, 1.54) is 0 Å². The third-order valence-electron chi connectivity index (χ3n) is 2.49. The molecule has 18 heavy (non-hydrogen) atoms. The standard InChI is InChI=1S/C12H14N2O3S/c1-12(2,6-10(15)16)5-9-13-14-11(17-9)8-3-4-18-7-8/h3-4,7H,5-6H2,1-2H3,(H,15,16). The van der Waals surface area contributed by atoms with Crippen LogP contribution in [0.15, 0.2) is 21.2 Å². The van der Waals surface area contributed by atoms with Gasteiger partial charge >= 0.3 is 5.97 Å². The first kappa shape index (κ1) is 12.8. The van der Waals surface area contributed by atoms with Crippen LogP contribution in [0.3, 0.4) is 0 Å². The zero-order chi connectivity index (χ0) is 13.2. The Morgan fingerprint density at radius 3 is 2.89 bits per heavy atom. The Balaban J connectivity index is 2.09. The molecule has 0 atom stereocenters. The molecule has 0 bridgehead atoms. The van der Waals surface area contributed by atoms with Gasteiger partial charge in [-0.15, -0.1) is 10.2 Å². The van der Waals surface area contributed by atoms with Crippen LogP contribution in [0.25, 0.3) is 11.5 Å². The number of nitrogens with zero attached hydrogens (tertiary/aromatic N) is 2. The molecule has 0 saturated carbocycles. The minimum atomic E-state index is -0.822. The molecule has 6 heteroatoms. The quantitative estimate of drug-likeness (QED) is 0.900. The zero-order valence-electron chi connectivity index (χ0n) is 10.2.